The second kappa shape index (κ2) is 8.56. The molecule has 26 heavy (non-hydrogen) atoms. The largest absolute Gasteiger partial charge is 0.492 e. The second-order valence-corrected chi connectivity index (χ2v) is 7.09. The van der Waals surface area contributed by atoms with Crippen molar-refractivity contribution in [3.05, 3.63) is 41.4 Å². The maximum absolute atomic E-state index is 12.8. The van der Waals surface area contributed by atoms with Crippen LogP contribution < -0.4 is 10.1 Å². The van der Waals surface area contributed by atoms with Gasteiger partial charge in [-0.1, -0.05) is 17.7 Å². The third-order valence-electron chi connectivity index (χ3n) is 4.77. The van der Waals surface area contributed by atoms with Gasteiger partial charge in [0.1, 0.15) is 12.4 Å². The molecule has 1 atom stereocenters. The lowest BCUT2D eigenvalue weighted by Gasteiger charge is -2.37. The summed E-state index contributed by atoms with van der Waals surface area (Å²) in [6.07, 6.45) is 2.31. The summed E-state index contributed by atoms with van der Waals surface area (Å²) >= 11 is 6.05. The van der Waals surface area contributed by atoms with Crippen molar-refractivity contribution in [2.24, 2.45) is 5.92 Å². The Morgan fingerprint density at radius 2 is 2.08 bits per heavy atom. The topological polar surface area (TPSA) is 61.9 Å². The Morgan fingerprint density at radius 3 is 2.81 bits per heavy atom. The van der Waals surface area contributed by atoms with E-state index in [1.54, 1.807) is 12.1 Å². The molecule has 1 unspecified atom stereocenters. The number of ether oxygens (including phenoxy) is 1. The van der Waals surface area contributed by atoms with Crippen LogP contribution in [0.5, 0.6) is 5.75 Å². The smallest absolute Gasteiger partial charge is 0.234 e. The van der Waals surface area contributed by atoms with E-state index < -0.39 is 0 Å². The van der Waals surface area contributed by atoms with Crippen molar-refractivity contribution < 1.29 is 14.3 Å². The molecule has 1 fully saturated rings. The van der Waals surface area contributed by atoms with Crippen molar-refractivity contribution in [1.29, 1.82) is 0 Å². The maximum atomic E-state index is 12.8. The minimum atomic E-state index is -0.177. The number of fused-ring (bicyclic) bond motifs is 1. The Hall–Kier alpha value is -2.05. The molecule has 0 saturated carbocycles. The predicted molar refractivity (Wildman–Crippen MR) is 100 cm³/mol. The van der Waals surface area contributed by atoms with Gasteiger partial charge in [-0.05, 0) is 30.2 Å². The molecule has 140 valence electrons. The number of nitrogens with zero attached hydrogens (tertiary/aromatic N) is 2. The van der Waals surface area contributed by atoms with Gasteiger partial charge in [-0.3, -0.25) is 14.5 Å². The zero-order valence-electron chi connectivity index (χ0n) is 14.7. The molecular formula is C19H24ClN3O3. The number of halogens is 1. The molecular weight excluding hydrogens is 354 g/mol. The van der Waals surface area contributed by atoms with Crippen molar-refractivity contribution in [1.82, 2.24) is 15.1 Å². The summed E-state index contributed by atoms with van der Waals surface area (Å²) in [5.74, 6) is 0.738. The first-order valence-corrected chi connectivity index (χ1v) is 9.24. The molecule has 2 aliphatic heterocycles. The van der Waals surface area contributed by atoms with E-state index in [1.807, 2.05) is 17.0 Å². The van der Waals surface area contributed by atoms with Crippen LogP contribution in [0.25, 0.3) is 0 Å². The summed E-state index contributed by atoms with van der Waals surface area (Å²) < 4.78 is 5.74. The van der Waals surface area contributed by atoms with Crippen molar-refractivity contribution in [2.75, 3.05) is 45.9 Å². The van der Waals surface area contributed by atoms with Crippen LogP contribution in [0.1, 0.15) is 5.56 Å². The average molecular weight is 378 g/mol. The van der Waals surface area contributed by atoms with E-state index in [0.29, 0.717) is 57.3 Å². The summed E-state index contributed by atoms with van der Waals surface area (Å²) in [5, 5.41) is 3.43. The molecule has 1 aromatic carbocycles. The van der Waals surface area contributed by atoms with Crippen LogP contribution in [-0.4, -0.2) is 67.5 Å². The number of amides is 2. The number of nitrogens with one attached hydrogen (secondary N) is 1. The van der Waals surface area contributed by atoms with Gasteiger partial charge in [-0.25, -0.2) is 0 Å². The fourth-order valence-corrected chi connectivity index (χ4v) is 3.55. The number of hydrogen-bond acceptors (Lipinski definition) is 4. The summed E-state index contributed by atoms with van der Waals surface area (Å²) in [5.41, 5.74) is 0.986. The normalized spacial score (nSPS) is 20.0. The van der Waals surface area contributed by atoms with Gasteiger partial charge in [0, 0.05) is 37.7 Å². The highest BCUT2D eigenvalue weighted by Crippen LogP contribution is 2.30. The lowest BCUT2D eigenvalue weighted by atomic mass is 9.95. The van der Waals surface area contributed by atoms with Crippen LogP contribution in [-0.2, 0) is 16.0 Å². The van der Waals surface area contributed by atoms with E-state index >= 15 is 0 Å². The lowest BCUT2D eigenvalue weighted by molar-refractivity contribution is -0.138. The van der Waals surface area contributed by atoms with Gasteiger partial charge in [0.2, 0.25) is 11.8 Å². The standard InChI is InChI=1S/C19H24ClN3O3/c1-2-5-21-18(24)12-22-6-8-23(9-7-22)19(25)15-10-14-11-16(20)3-4-17(14)26-13-15/h2-4,11,15H,1,5-10,12-13H2,(H,21,24). The van der Waals surface area contributed by atoms with Crippen LogP contribution in [0, 0.1) is 5.92 Å². The predicted octanol–water partition coefficient (Wildman–Crippen LogP) is 1.34. The first kappa shape index (κ1) is 18.7. The molecule has 0 spiro atoms. The number of benzene rings is 1. The summed E-state index contributed by atoms with van der Waals surface area (Å²) in [6.45, 7) is 7.47. The third-order valence-corrected chi connectivity index (χ3v) is 5.01. The Bertz CT molecular complexity index is 687. The highest BCUT2D eigenvalue weighted by Gasteiger charge is 2.31. The second-order valence-electron chi connectivity index (χ2n) is 6.66. The Balaban J connectivity index is 1.50. The highest BCUT2D eigenvalue weighted by atomic mass is 35.5. The number of carbonyl (C=O) groups excluding carboxylic acids is 2. The zero-order valence-corrected chi connectivity index (χ0v) is 15.5. The van der Waals surface area contributed by atoms with E-state index in [2.05, 4.69) is 16.8 Å². The SMILES string of the molecule is C=CCNC(=O)CN1CCN(C(=O)C2COc3ccc(Cl)cc3C2)CC1. The summed E-state index contributed by atoms with van der Waals surface area (Å²) in [7, 11) is 0. The molecule has 2 amide bonds. The van der Waals surface area contributed by atoms with E-state index in [-0.39, 0.29) is 17.7 Å². The monoisotopic (exact) mass is 377 g/mol. The van der Waals surface area contributed by atoms with E-state index in [1.165, 1.54) is 0 Å². The molecule has 1 aromatic rings. The van der Waals surface area contributed by atoms with Crippen LogP contribution >= 0.6 is 11.6 Å². The molecule has 1 saturated heterocycles. The summed E-state index contributed by atoms with van der Waals surface area (Å²) in [4.78, 5) is 28.5. The summed E-state index contributed by atoms with van der Waals surface area (Å²) in [6, 6.07) is 5.53. The van der Waals surface area contributed by atoms with Crippen molar-refractivity contribution in [3.8, 4) is 5.75 Å². The van der Waals surface area contributed by atoms with Crippen molar-refractivity contribution >= 4 is 23.4 Å². The molecule has 6 nitrogen and oxygen atoms in total. The number of carbonyl (C=O) groups is 2. The van der Waals surface area contributed by atoms with Gasteiger partial charge >= 0.3 is 0 Å². The first-order chi connectivity index (χ1) is 12.6. The molecule has 0 aliphatic carbocycles. The van der Waals surface area contributed by atoms with Crippen molar-refractivity contribution in [3.63, 3.8) is 0 Å². The number of rotatable bonds is 5. The molecule has 2 aliphatic rings. The molecule has 1 N–H and O–H groups in total. The fourth-order valence-electron chi connectivity index (χ4n) is 3.35. The van der Waals surface area contributed by atoms with E-state index in [4.69, 9.17) is 16.3 Å². The van der Waals surface area contributed by atoms with Crippen LogP contribution in [0.15, 0.2) is 30.9 Å². The third kappa shape index (κ3) is 4.56. The average Bonchev–Trinajstić information content (AvgIpc) is 2.65. The van der Waals surface area contributed by atoms with E-state index in [9.17, 15) is 9.59 Å². The molecule has 7 heteroatoms. The van der Waals surface area contributed by atoms with Crippen LogP contribution in [0.4, 0.5) is 0 Å². The number of hydrogen-bond donors (Lipinski definition) is 1. The molecule has 0 radical (unpaired) electrons. The van der Waals surface area contributed by atoms with Gasteiger partial charge < -0.3 is 15.0 Å². The lowest BCUT2D eigenvalue weighted by Crippen LogP contribution is -2.53. The molecule has 3 rings (SSSR count). The Morgan fingerprint density at radius 1 is 1.31 bits per heavy atom. The molecule has 0 aromatic heterocycles. The van der Waals surface area contributed by atoms with Gasteiger partial charge in [-0.15, -0.1) is 6.58 Å². The van der Waals surface area contributed by atoms with Crippen LogP contribution in [0.2, 0.25) is 5.02 Å². The minimum absolute atomic E-state index is 0.0150. The first-order valence-electron chi connectivity index (χ1n) is 8.87. The van der Waals surface area contributed by atoms with Crippen molar-refractivity contribution in [2.45, 2.75) is 6.42 Å². The van der Waals surface area contributed by atoms with Gasteiger partial charge in [0.25, 0.3) is 0 Å². The Kier molecular flexibility index (Phi) is 6.16. The zero-order chi connectivity index (χ0) is 18.5. The van der Waals surface area contributed by atoms with Crippen LogP contribution in [0.3, 0.4) is 0 Å². The molecule has 2 heterocycles. The minimum Gasteiger partial charge on any atom is -0.492 e. The van der Waals surface area contributed by atoms with E-state index in [0.717, 1.165) is 11.3 Å². The Labute approximate surface area is 158 Å². The quantitative estimate of drug-likeness (QED) is 0.786. The fraction of sp³-hybridized carbons (Fsp3) is 0.474. The van der Waals surface area contributed by atoms with Gasteiger partial charge in [-0.2, -0.15) is 0 Å². The highest BCUT2D eigenvalue weighted by molar-refractivity contribution is 6.30. The van der Waals surface area contributed by atoms with Gasteiger partial charge in [0.15, 0.2) is 0 Å². The molecule has 0 bridgehead atoms. The maximum Gasteiger partial charge on any atom is 0.234 e. The number of piperazine rings is 1. The van der Waals surface area contributed by atoms with Gasteiger partial charge in [0.05, 0.1) is 12.5 Å².